The van der Waals surface area contributed by atoms with Gasteiger partial charge < -0.3 is 8.85 Å². The average Bonchev–Trinajstić information content (AvgIpc) is 2.29. The summed E-state index contributed by atoms with van der Waals surface area (Å²) in [5, 5.41) is 0. The Bertz CT molecular complexity index is 385. The van der Waals surface area contributed by atoms with Crippen molar-refractivity contribution in [3.8, 4) is 5.75 Å². The molecule has 0 aliphatic carbocycles. The van der Waals surface area contributed by atoms with E-state index in [0.29, 0.717) is 5.56 Å². The fourth-order valence-electron chi connectivity index (χ4n) is 1.53. The van der Waals surface area contributed by atoms with Gasteiger partial charge in [-0.3, -0.25) is 4.79 Å². The number of carbonyl (C=O) groups excluding carboxylic acids is 1. The van der Waals surface area contributed by atoms with E-state index in [0.717, 1.165) is 25.2 Å². The van der Waals surface area contributed by atoms with Crippen LogP contribution in [0.4, 0.5) is 0 Å². The van der Waals surface area contributed by atoms with Crippen molar-refractivity contribution >= 4 is 14.3 Å². The van der Waals surface area contributed by atoms with Crippen molar-refractivity contribution in [3.63, 3.8) is 0 Å². The van der Waals surface area contributed by atoms with E-state index >= 15 is 0 Å². The molecule has 0 saturated carbocycles. The van der Waals surface area contributed by atoms with Crippen molar-refractivity contribution in [2.24, 2.45) is 0 Å². The molecule has 0 heterocycles. The summed E-state index contributed by atoms with van der Waals surface area (Å²) in [6.45, 7) is 8.51. The van der Waals surface area contributed by atoms with Gasteiger partial charge in [-0.25, -0.2) is 0 Å². The molecule has 1 rings (SSSR count). The summed E-state index contributed by atoms with van der Waals surface area (Å²) in [5.41, 5.74) is 0.703. The maximum atomic E-state index is 11.2. The summed E-state index contributed by atoms with van der Waals surface area (Å²) >= 11 is 0. The highest BCUT2D eigenvalue weighted by atomic mass is 28.4. The van der Waals surface area contributed by atoms with Crippen LogP contribution >= 0.6 is 0 Å². The standard InChI is InChI=1S/C14H22O3Si/c1-5-6-11-16-18(3,4)17-14-9-7-13(8-10-14)12(2)15/h7-10H,5-6,11H2,1-4H3. The number of unbranched alkanes of at least 4 members (excludes halogenated alkanes) is 1. The molecule has 0 radical (unpaired) electrons. The average molecular weight is 266 g/mol. The van der Waals surface area contributed by atoms with Crippen molar-refractivity contribution in [2.45, 2.75) is 39.8 Å². The first-order valence-electron chi connectivity index (χ1n) is 6.38. The lowest BCUT2D eigenvalue weighted by Gasteiger charge is -2.23. The fraction of sp³-hybridized carbons (Fsp3) is 0.500. The minimum atomic E-state index is -2.11. The number of hydrogen-bond donors (Lipinski definition) is 0. The second kappa shape index (κ2) is 6.71. The molecular formula is C14H22O3Si. The molecule has 0 amide bonds. The molecule has 0 fully saturated rings. The van der Waals surface area contributed by atoms with E-state index in [4.69, 9.17) is 8.85 Å². The molecule has 0 bridgehead atoms. The predicted molar refractivity (Wildman–Crippen MR) is 75.4 cm³/mol. The molecule has 18 heavy (non-hydrogen) atoms. The molecule has 1 aromatic carbocycles. The number of hydrogen-bond acceptors (Lipinski definition) is 3. The maximum absolute atomic E-state index is 11.2. The van der Waals surface area contributed by atoms with E-state index in [-0.39, 0.29) is 5.78 Å². The van der Waals surface area contributed by atoms with E-state index in [1.165, 1.54) is 0 Å². The van der Waals surface area contributed by atoms with Crippen molar-refractivity contribution in [3.05, 3.63) is 29.8 Å². The second-order valence-corrected chi connectivity index (χ2v) is 8.08. The van der Waals surface area contributed by atoms with Crippen molar-refractivity contribution < 1.29 is 13.6 Å². The first-order valence-corrected chi connectivity index (χ1v) is 9.20. The van der Waals surface area contributed by atoms with Crippen LogP contribution in [-0.4, -0.2) is 21.0 Å². The van der Waals surface area contributed by atoms with E-state index in [9.17, 15) is 4.79 Å². The van der Waals surface area contributed by atoms with Gasteiger partial charge in [0.25, 0.3) is 0 Å². The van der Waals surface area contributed by atoms with Crippen molar-refractivity contribution in [2.75, 3.05) is 6.61 Å². The van der Waals surface area contributed by atoms with Crippen LogP contribution in [0.15, 0.2) is 24.3 Å². The highest BCUT2D eigenvalue weighted by Crippen LogP contribution is 2.18. The van der Waals surface area contributed by atoms with Gasteiger partial charge in [-0.15, -0.1) is 0 Å². The Kier molecular flexibility index (Phi) is 5.56. The number of rotatable bonds is 7. The van der Waals surface area contributed by atoms with Gasteiger partial charge >= 0.3 is 8.56 Å². The minimum absolute atomic E-state index is 0.0669. The van der Waals surface area contributed by atoms with Crippen molar-refractivity contribution in [1.29, 1.82) is 0 Å². The zero-order chi connectivity index (χ0) is 13.6. The Morgan fingerprint density at radius 3 is 2.33 bits per heavy atom. The van der Waals surface area contributed by atoms with Gasteiger partial charge in [-0.05, 0) is 50.7 Å². The third-order valence-electron chi connectivity index (χ3n) is 2.57. The van der Waals surface area contributed by atoms with E-state index < -0.39 is 8.56 Å². The first-order chi connectivity index (χ1) is 8.44. The second-order valence-electron chi connectivity index (χ2n) is 4.78. The Morgan fingerprint density at radius 2 is 1.83 bits per heavy atom. The molecule has 0 aromatic heterocycles. The molecule has 4 heteroatoms. The molecule has 1 aromatic rings. The molecule has 0 aliphatic heterocycles. The monoisotopic (exact) mass is 266 g/mol. The van der Waals surface area contributed by atoms with Crippen LogP contribution in [0.3, 0.4) is 0 Å². The zero-order valence-electron chi connectivity index (χ0n) is 11.7. The third kappa shape index (κ3) is 5.02. The van der Waals surface area contributed by atoms with Gasteiger partial charge in [0.15, 0.2) is 5.78 Å². The van der Waals surface area contributed by atoms with E-state index in [1.807, 2.05) is 25.2 Å². The van der Waals surface area contributed by atoms with Gasteiger partial charge in [0.2, 0.25) is 0 Å². The Morgan fingerprint density at radius 1 is 1.22 bits per heavy atom. The number of carbonyl (C=O) groups is 1. The van der Waals surface area contributed by atoms with Gasteiger partial charge in [0, 0.05) is 12.2 Å². The molecule has 0 atom stereocenters. The number of Topliss-reactive ketones (excluding diaryl/α,β-unsaturated/α-hetero) is 1. The molecule has 0 unspecified atom stereocenters. The Hall–Kier alpha value is -1.13. The molecule has 3 nitrogen and oxygen atoms in total. The zero-order valence-corrected chi connectivity index (χ0v) is 12.7. The third-order valence-corrected chi connectivity index (χ3v) is 4.20. The van der Waals surface area contributed by atoms with Crippen molar-refractivity contribution in [1.82, 2.24) is 0 Å². The molecule has 0 spiro atoms. The molecule has 0 aliphatic rings. The van der Waals surface area contributed by atoms with Crippen LogP contribution in [0.1, 0.15) is 37.0 Å². The Balaban J connectivity index is 2.57. The van der Waals surface area contributed by atoms with Crippen LogP contribution in [0.2, 0.25) is 13.1 Å². The van der Waals surface area contributed by atoms with E-state index in [2.05, 4.69) is 6.92 Å². The van der Waals surface area contributed by atoms with Gasteiger partial charge in [-0.2, -0.15) is 0 Å². The van der Waals surface area contributed by atoms with Gasteiger partial charge in [-0.1, -0.05) is 13.3 Å². The van der Waals surface area contributed by atoms with Gasteiger partial charge in [0.1, 0.15) is 5.75 Å². The summed E-state index contributed by atoms with van der Waals surface area (Å²) in [7, 11) is -2.11. The van der Waals surface area contributed by atoms with Gasteiger partial charge in [0.05, 0.1) is 0 Å². The van der Waals surface area contributed by atoms with E-state index in [1.54, 1.807) is 19.1 Å². The highest BCUT2D eigenvalue weighted by Gasteiger charge is 2.26. The summed E-state index contributed by atoms with van der Waals surface area (Å²) < 4.78 is 11.7. The lowest BCUT2D eigenvalue weighted by Crippen LogP contribution is -2.38. The highest BCUT2D eigenvalue weighted by molar-refractivity contribution is 6.65. The normalized spacial score (nSPS) is 11.3. The maximum Gasteiger partial charge on any atom is 0.392 e. The molecule has 0 N–H and O–H groups in total. The van der Waals surface area contributed by atoms with Crippen LogP contribution in [0.5, 0.6) is 5.75 Å². The van der Waals surface area contributed by atoms with Crippen LogP contribution in [-0.2, 0) is 4.43 Å². The number of ketones is 1. The summed E-state index contributed by atoms with van der Waals surface area (Å²) in [6.07, 6.45) is 2.18. The Labute approximate surface area is 110 Å². The largest absolute Gasteiger partial charge is 0.520 e. The quantitative estimate of drug-likeness (QED) is 0.428. The first kappa shape index (κ1) is 14.9. The lowest BCUT2D eigenvalue weighted by atomic mass is 10.1. The minimum Gasteiger partial charge on any atom is -0.520 e. The molecule has 0 saturated heterocycles. The molecular weight excluding hydrogens is 244 g/mol. The fourth-order valence-corrected chi connectivity index (χ4v) is 2.93. The van der Waals surface area contributed by atoms with Crippen LogP contribution in [0, 0.1) is 0 Å². The lowest BCUT2D eigenvalue weighted by molar-refractivity contribution is 0.101. The summed E-state index contributed by atoms with van der Waals surface area (Å²) in [5.74, 6) is 0.838. The predicted octanol–water partition coefficient (Wildman–Crippen LogP) is 3.79. The van der Waals surface area contributed by atoms with Crippen LogP contribution in [0.25, 0.3) is 0 Å². The SMILES string of the molecule is CCCCO[Si](C)(C)Oc1ccc(C(C)=O)cc1. The summed E-state index contributed by atoms with van der Waals surface area (Å²) in [6, 6.07) is 7.23. The van der Waals surface area contributed by atoms with Crippen LogP contribution < -0.4 is 4.43 Å². The topological polar surface area (TPSA) is 35.5 Å². The number of benzene rings is 1. The summed E-state index contributed by atoms with van der Waals surface area (Å²) in [4.78, 5) is 11.2. The smallest absolute Gasteiger partial charge is 0.392 e. The molecule has 100 valence electrons.